The van der Waals surface area contributed by atoms with Gasteiger partial charge in [0.2, 0.25) is 5.91 Å². The molecule has 2 aromatic heterocycles. The van der Waals surface area contributed by atoms with Crippen LogP contribution in [0.1, 0.15) is 38.1 Å². The van der Waals surface area contributed by atoms with Crippen molar-refractivity contribution in [1.29, 1.82) is 0 Å². The molecular formula is C14H21N3O2S. The summed E-state index contributed by atoms with van der Waals surface area (Å²) in [5, 5.41) is 14.9. The molecule has 0 bridgehead atoms. The first-order valence-electron chi connectivity index (χ1n) is 6.88. The number of carbonyl (C=O) groups is 1. The summed E-state index contributed by atoms with van der Waals surface area (Å²) in [5.74, 6) is -0.0728. The van der Waals surface area contributed by atoms with Crippen molar-refractivity contribution in [3.05, 3.63) is 23.0 Å². The van der Waals surface area contributed by atoms with Crippen LogP contribution in [-0.4, -0.2) is 32.5 Å². The van der Waals surface area contributed by atoms with Gasteiger partial charge in [0.25, 0.3) is 0 Å². The lowest BCUT2D eigenvalue weighted by Gasteiger charge is -2.25. The Morgan fingerprint density at radius 2 is 2.20 bits per heavy atom. The van der Waals surface area contributed by atoms with E-state index in [-0.39, 0.29) is 5.91 Å². The van der Waals surface area contributed by atoms with Gasteiger partial charge in [0, 0.05) is 23.8 Å². The smallest absolute Gasteiger partial charge is 0.226 e. The minimum atomic E-state index is -0.800. The number of nitrogens with one attached hydrogen (secondary N) is 1. The number of fused-ring (bicyclic) bond motifs is 1. The van der Waals surface area contributed by atoms with Crippen LogP contribution in [0.4, 0.5) is 0 Å². The zero-order valence-electron chi connectivity index (χ0n) is 12.1. The number of hydrogen-bond acceptors (Lipinski definition) is 4. The molecular weight excluding hydrogens is 274 g/mol. The molecule has 0 saturated heterocycles. The quantitative estimate of drug-likeness (QED) is 0.855. The van der Waals surface area contributed by atoms with Crippen LogP contribution in [-0.2, 0) is 11.2 Å². The standard InChI is InChI=1S/C14H21N3O2S/c1-4-14(19,5-2)9-15-12(18)6-11-8-20-13-16-10(3)7-17(11)13/h7-8,19H,4-6,9H2,1-3H3,(H,15,18). The Kier molecular flexibility index (Phi) is 4.45. The van der Waals surface area contributed by atoms with Gasteiger partial charge in [-0.2, -0.15) is 0 Å². The lowest BCUT2D eigenvalue weighted by Crippen LogP contribution is -2.42. The Morgan fingerprint density at radius 1 is 1.50 bits per heavy atom. The molecule has 2 rings (SSSR count). The predicted octanol–water partition coefficient (Wildman–Crippen LogP) is 1.91. The fraction of sp³-hybridized carbons (Fsp3) is 0.571. The van der Waals surface area contributed by atoms with Crippen molar-refractivity contribution >= 4 is 22.2 Å². The summed E-state index contributed by atoms with van der Waals surface area (Å²) in [5.41, 5.74) is 1.08. The van der Waals surface area contributed by atoms with Gasteiger partial charge in [-0.1, -0.05) is 13.8 Å². The molecule has 20 heavy (non-hydrogen) atoms. The number of aryl methyl sites for hydroxylation is 1. The molecule has 0 aliphatic rings. The normalized spacial score (nSPS) is 12.0. The van der Waals surface area contributed by atoms with E-state index in [1.54, 1.807) is 0 Å². The van der Waals surface area contributed by atoms with Gasteiger partial charge in [-0.15, -0.1) is 11.3 Å². The van der Waals surface area contributed by atoms with Crippen LogP contribution in [0.15, 0.2) is 11.6 Å². The van der Waals surface area contributed by atoms with E-state index < -0.39 is 5.60 Å². The molecule has 0 saturated carbocycles. The molecule has 0 aliphatic heterocycles. The van der Waals surface area contributed by atoms with Gasteiger partial charge in [-0.25, -0.2) is 4.98 Å². The number of rotatable bonds is 6. The number of thiazole rings is 1. The van der Waals surface area contributed by atoms with Crippen LogP contribution in [0.25, 0.3) is 4.96 Å². The van der Waals surface area contributed by atoms with E-state index in [0.717, 1.165) is 16.3 Å². The molecule has 0 aliphatic carbocycles. The van der Waals surface area contributed by atoms with Crippen LogP contribution in [0.3, 0.4) is 0 Å². The zero-order valence-corrected chi connectivity index (χ0v) is 13.0. The zero-order chi connectivity index (χ0) is 14.8. The summed E-state index contributed by atoms with van der Waals surface area (Å²) in [6.45, 7) is 6.08. The third kappa shape index (κ3) is 3.19. The van der Waals surface area contributed by atoms with Gasteiger partial charge in [0.05, 0.1) is 17.7 Å². The van der Waals surface area contributed by atoms with Crippen molar-refractivity contribution in [2.75, 3.05) is 6.54 Å². The Morgan fingerprint density at radius 3 is 2.85 bits per heavy atom. The van der Waals surface area contributed by atoms with E-state index in [1.165, 1.54) is 11.3 Å². The van der Waals surface area contributed by atoms with Crippen LogP contribution < -0.4 is 5.32 Å². The van der Waals surface area contributed by atoms with Crippen LogP contribution in [0, 0.1) is 6.92 Å². The number of carbonyl (C=O) groups excluding carboxylic acids is 1. The van der Waals surface area contributed by atoms with Crippen molar-refractivity contribution in [1.82, 2.24) is 14.7 Å². The second-order valence-corrected chi connectivity index (χ2v) is 5.98. The minimum Gasteiger partial charge on any atom is -0.388 e. The van der Waals surface area contributed by atoms with Crippen molar-refractivity contribution in [2.24, 2.45) is 0 Å². The highest BCUT2D eigenvalue weighted by molar-refractivity contribution is 7.15. The first-order chi connectivity index (χ1) is 9.47. The summed E-state index contributed by atoms with van der Waals surface area (Å²) in [6, 6.07) is 0. The molecule has 2 heterocycles. The highest BCUT2D eigenvalue weighted by Gasteiger charge is 2.23. The Hall–Kier alpha value is -1.40. The number of aromatic nitrogens is 2. The van der Waals surface area contributed by atoms with Gasteiger partial charge >= 0.3 is 0 Å². The number of amides is 1. The number of aliphatic hydroxyl groups is 1. The van der Waals surface area contributed by atoms with E-state index in [4.69, 9.17) is 0 Å². The first kappa shape index (κ1) is 15.0. The molecule has 0 atom stereocenters. The molecule has 6 heteroatoms. The SMILES string of the molecule is CCC(O)(CC)CNC(=O)Cc1csc2nc(C)cn12. The van der Waals surface area contributed by atoms with Gasteiger partial charge in [0.1, 0.15) is 0 Å². The van der Waals surface area contributed by atoms with Gasteiger partial charge in [-0.05, 0) is 19.8 Å². The number of hydrogen-bond donors (Lipinski definition) is 2. The molecule has 1 amide bonds. The maximum atomic E-state index is 12.0. The third-order valence-corrected chi connectivity index (χ3v) is 4.57. The van der Waals surface area contributed by atoms with Gasteiger partial charge in [-0.3, -0.25) is 9.20 Å². The predicted molar refractivity (Wildman–Crippen MR) is 80.1 cm³/mol. The molecule has 0 fully saturated rings. The average molecular weight is 295 g/mol. The average Bonchev–Trinajstić information content (AvgIpc) is 2.97. The maximum Gasteiger partial charge on any atom is 0.226 e. The summed E-state index contributed by atoms with van der Waals surface area (Å²) in [6.07, 6.45) is 3.50. The molecule has 2 N–H and O–H groups in total. The number of nitrogens with zero attached hydrogens (tertiary/aromatic N) is 2. The molecule has 0 radical (unpaired) electrons. The Bertz CT molecular complexity index is 599. The van der Waals surface area contributed by atoms with Crippen LogP contribution in [0.5, 0.6) is 0 Å². The van der Waals surface area contributed by atoms with E-state index in [0.29, 0.717) is 25.8 Å². The van der Waals surface area contributed by atoms with Crippen molar-refractivity contribution in [2.45, 2.75) is 45.6 Å². The summed E-state index contributed by atoms with van der Waals surface area (Å²) in [4.78, 5) is 17.3. The molecule has 0 aromatic carbocycles. The highest BCUT2D eigenvalue weighted by atomic mass is 32.1. The lowest BCUT2D eigenvalue weighted by atomic mass is 9.97. The topological polar surface area (TPSA) is 66.6 Å². The molecule has 110 valence electrons. The lowest BCUT2D eigenvalue weighted by molar-refractivity contribution is -0.121. The summed E-state index contributed by atoms with van der Waals surface area (Å²) < 4.78 is 1.95. The van der Waals surface area contributed by atoms with E-state index in [1.807, 2.05) is 36.7 Å². The van der Waals surface area contributed by atoms with E-state index in [2.05, 4.69) is 10.3 Å². The Balaban J connectivity index is 1.98. The number of imidazole rings is 1. The second kappa shape index (κ2) is 5.93. The van der Waals surface area contributed by atoms with Crippen LogP contribution >= 0.6 is 11.3 Å². The summed E-state index contributed by atoms with van der Waals surface area (Å²) >= 11 is 1.53. The maximum absolute atomic E-state index is 12.0. The largest absolute Gasteiger partial charge is 0.388 e. The molecule has 0 unspecified atom stereocenters. The monoisotopic (exact) mass is 295 g/mol. The highest BCUT2D eigenvalue weighted by Crippen LogP contribution is 2.17. The summed E-state index contributed by atoms with van der Waals surface area (Å²) in [7, 11) is 0. The second-order valence-electron chi connectivity index (χ2n) is 5.15. The third-order valence-electron chi connectivity index (χ3n) is 3.68. The molecule has 0 spiro atoms. The first-order valence-corrected chi connectivity index (χ1v) is 7.76. The van der Waals surface area contributed by atoms with Crippen molar-refractivity contribution in [3.63, 3.8) is 0 Å². The van der Waals surface area contributed by atoms with E-state index in [9.17, 15) is 9.90 Å². The van der Waals surface area contributed by atoms with Crippen LogP contribution in [0.2, 0.25) is 0 Å². The van der Waals surface area contributed by atoms with Gasteiger partial charge in [0.15, 0.2) is 4.96 Å². The minimum absolute atomic E-state index is 0.0728. The van der Waals surface area contributed by atoms with Crippen molar-refractivity contribution in [3.8, 4) is 0 Å². The van der Waals surface area contributed by atoms with E-state index >= 15 is 0 Å². The molecule has 2 aromatic rings. The Labute approximate surface area is 122 Å². The fourth-order valence-corrected chi connectivity index (χ4v) is 2.98. The molecule has 5 nitrogen and oxygen atoms in total. The van der Waals surface area contributed by atoms with Crippen molar-refractivity contribution < 1.29 is 9.90 Å². The van der Waals surface area contributed by atoms with Gasteiger partial charge < -0.3 is 10.4 Å². The fourth-order valence-electron chi connectivity index (χ4n) is 2.06.